The third kappa shape index (κ3) is 4.27. The smallest absolute Gasteiger partial charge is 0.321 e. The molecule has 2 aromatic carbocycles. The zero-order valence-corrected chi connectivity index (χ0v) is 16.4. The molecule has 0 aliphatic carbocycles. The maximum Gasteiger partial charge on any atom is 0.321 e. The fourth-order valence-corrected chi connectivity index (χ4v) is 3.34. The summed E-state index contributed by atoms with van der Waals surface area (Å²) >= 11 is 0. The second kappa shape index (κ2) is 8.20. The Labute approximate surface area is 160 Å². The van der Waals surface area contributed by atoms with E-state index in [9.17, 15) is 4.79 Å². The van der Waals surface area contributed by atoms with Crippen LogP contribution in [0.25, 0.3) is 0 Å². The van der Waals surface area contributed by atoms with Crippen LogP contribution in [0.3, 0.4) is 0 Å². The minimum atomic E-state index is -0.0563. The number of rotatable bonds is 4. The van der Waals surface area contributed by atoms with Crippen molar-refractivity contribution in [2.24, 2.45) is 0 Å². The maximum atomic E-state index is 12.6. The number of nitrogens with zero attached hydrogens (tertiary/aromatic N) is 2. The predicted molar refractivity (Wildman–Crippen MR) is 108 cm³/mol. The quantitative estimate of drug-likeness (QED) is 0.893. The molecule has 2 aromatic rings. The number of benzene rings is 2. The summed E-state index contributed by atoms with van der Waals surface area (Å²) in [5.74, 6) is 1.60. The third-order valence-electron chi connectivity index (χ3n) is 4.92. The highest BCUT2D eigenvalue weighted by Gasteiger charge is 2.23. The van der Waals surface area contributed by atoms with Gasteiger partial charge in [-0.25, -0.2) is 4.79 Å². The number of hydrogen-bond donors (Lipinski definition) is 1. The van der Waals surface area contributed by atoms with Gasteiger partial charge in [0.05, 0.1) is 19.9 Å². The molecule has 1 aliphatic rings. The summed E-state index contributed by atoms with van der Waals surface area (Å²) in [5.41, 5.74) is 4.11. The zero-order valence-electron chi connectivity index (χ0n) is 16.4. The number of piperazine rings is 1. The van der Waals surface area contributed by atoms with Crippen molar-refractivity contribution in [2.45, 2.75) is 13.8 Å². The van der Waals surface area contributed by atoms with E-state index in [1.807, 2.05) is 49.1 Å². The highest BCUT2D eigenvalue weighted by molar-refractivity contribution is 5.90. The number of carbonyl (C=O) groups is 1. The van der Waals surface area contributed by atoms with Crippen LogP contribution in [0.2, 0.25) is 0 Å². The van der Waals surface area contributed by atoms with Gasteiger partial charge < -0.3 is 24.6 Å². The van der Waals surface area contributed by atoms with Gasteiger partial charge in [-0.3, -0.25) is 0 Å². The molecule has 1 aliphatic heterocycles. The van der Waals surface area contributed by atoms with Crippen LogP contribution in [0.15, 0.2) is 36.4 Å². The molecule has 0 aromatic heterocycles. The van der Waals surface area contributed by atoms with Crippen molar-refractivity contribution in [2.75, 3.05) is 50.6 Å². The van der Waals surface area contributed by atoms with E-state index in [2.05, 4.69) is 16.3 Å². The highest BCUT2D eigenvalue weighted by Crippen LogP contribution is 2.33. The molecule has 3 rings (SSSR count). The van der Waals surface area contributed by atoms with Gasteiger partial charge in [0.2, 0.25) is 0 Å². The van der Waals surface area contributed by atoms with Crippen LogP contribution in [0.5, 0.6) is 11.5 Å². The SMILES string of the molecule is COc1ccc(OC)c(N2CCN(C(=O)Nc3ccc(C)cc3C)CC2)c1. The van der Waals surface area contributed by atoms with Gasteiger partial charge in [0.1, 0.15) is 11.5 Å². The summed E-state index contributed by atoms with van der Waals surface area (Å²) in [4.78, 5) is 16.7. The third-order valence-corrected chi connectivity index (χ3v) is 4.92. The van der Waals surface area contributed by atoms with Crippen LogP contribution in [-0.2, 0) is 0 Å². The van der Waals surface area contributed by atoms with Crippen molar-refractivity contribution in [1.29, 1.82) is 0 Å². The van der Waals surface area contributed by atoms with Crippen molar-refractivity contribution < 1.29 is 14.3 Å². The van der Waals surface area contributed by atoms with Gasteiger partial charge in [-0.05, 0) is 37.6 Å². The fraction of sp³-hybridized carbons (Fsp3) is 0.381. The van der Waals surface area contributed by atoms with Crippen LogP contribution in [0.1, 0.15) is 11.1 Å². The average Bonchev–Trinajstić information content (AvgIpc) is 2.69. The Morgan fingerprint density at radius 1 is 0.963 bits per heavy atom. The molecular formula is C21H27N3O3. The molecule has 0 bridgehead atoms. The Morgan fingerprint density at radius 2 is 1.70 bits per heavy atom. The summed E-state index contributed by atoms with van der Waals surface area (Å²) < 4.78 is 10.8. The number of urea groups is 1. The monoisotopic (exact) mass is 369 g/mol. The normalized spacial score (nSPS) is 14.1. The van der Waals surface area contributed by atoms with E-state index in [1.54, 1.807) is 14.2 Å². The van der Waals surface area contributed by atoms with Crippen LogP contribution in [0, 0.1) is 13.8 Å². The van der Waals surface area contributed by atoms with E-state index >= 15 is 0 Å². The lowest BCUT2D eigenvalue weighted by molar-refractivity contribution is 0.208. The molecule has 27 heavy (non-hydrogen) atoms. The van der Waals surface area contributed by atoms with Crippen molar-refractivity contribution in [1.82, 2.24) is 4.90 Å². The molecule has 1 saturated heterocycles. The first kappa shape index (κ1) is 18.9. The molecular weight excluding hydrogens is 342 g/mol. The van der Waals surface area contributed by atoms with Gasteiger partial charge in [-0.15, -0.1) is 0 Å². The van der Waals surface area contributed by atoms with Crippen LogP contribution < -0.4 is 19.7 Å². The van der Waals surface area contributed by atoms with Crippen molar-refractivity contribution >= 4 is 17.4 Å². The molecule has 0 atom stereocenters. The molecule has 6 heteroatoms. The summed E-state index contributed by atoms with van der Waals surface area (Å²) in [6.07, 6.45) is 0. The molecule has 0 spiro atoms. The standard InChI is InChI=1S/C21H27N3O3/c1-15-5-7-18(16(2)13-15)22-21(25)24-11-9-23(10-12-24)19-14-17(26-3)6-8-20(19)27-4/h5-8,13-14H,9-12H2,1-4H3,(H,22,25). The lowest BCUT2D eigenvalue weighted by atomic mass is 10.1. The van der Waals surface area contributed by atoms with E-state index in [0.29, 0.717) is 13.1 Å². The number of hydrogen-bond acceptors (Lipinski definition) is 4. The second-order valence-electron chi connectivity index (χ2n) is 6.76. The number of aryl methyl sites for hydroxylation is 2. The lowest BCUT2D eigenvalue weighted by Gasteiger charge is -2.36. The Bertz CT molecular complexity index is 814. The van der Waals surface area contributed by atoms with Gasteiger partial charge in [0, 0.05) is 37.9 Å². The first-order valence-electron chi connectivity index (χ1n) is 9.12. The van der Waals surface area contributed by atoms with E-state index in [0.717, 1.165) is 41.5 Å². The fourth-order valence-electron chi connectivity index (χ4n) is 3.34. The predicted octanol–water partition coefficient (Wildman–Crippen LogP) is 3.67. The number of methoxy groups -OCH3 is 2. The average molecular weight is 369 g/mol. The number of anilines is 2. The van der Waals surface area contributed by atoms with Gasteiger partial charge in [-0.1, -0.05) is 17.7 Å². The van der Waals surface area contributed by atoms with E-state index in [1.165, 1.54) is 5.56 Å². The summed E-state index contributed by atoms with van der Waals surface area (Å²) in [6, 6.07) is 11.8. The molecule has 1 N–H and O–H groups in total. The highest BCUT2D eigenvalue weighted by atomic mass is 16.5. The summed E-state index contributed by atoms with van der Waals surface area (Å²) in [5, 5.41) is 3.03. The summed E-state index contributed by atoms with van der Waals surface area (Å²) in [7, 11) is 3.32. The molecule has 6 nitrogen and oxygen atoms in total. The Hall–Kier alpha value is -2.89. The summed E-state index contributed by atoms with van der Waals surface area (Å²) in [6.45, 7) is 6.84. The largest absolute Gasteiger partial charge is 0.497 e. The van der Waals surface area contributed by atoms with Crippen molar-refractivity contribution in [3.63, 3.8) is 0 Å². The van der Waals surface area contributed by atoms with Gasteiger partial charge >= 0.3 is 6.03 Å². The first-order chi connectivity index (χ1) is 13.0. The van der Waals surface area contributed by atoms with Gasteiger partial charge in [0.15, 0.2) is 0 Å². The number of carbonyl (C=O) groups excluding carboxylic acids is 1. The maximum absolute atomic E-state index is 12.6. The minimum Gasteiger partial charge on any atom is -0.497 e. The molecule has 0 unspecified atom stereocenters. The molecule has 0 saturated carbocycles. The molecule has 0 radical (unpaired) electrons. The Balaban J connectivity index is 1.64. The topological polar surface area (TPSA) is 54.0 Å². The molecule has 144 valence electrons. The number of ether oxygens (including phenoxy) is 2. The van der Waals surface area contributed by atoms with E-state index in [4.69, 9.17) is 9.47 Å². The van der Waals surface area contributed by atoms with Crippen LogP contribution in [0.4, 0.5) is 16.2 Å². The van der Waals surface area contributed by atoms with E-state index < -0.39 is 0 Å². The molecule has 1 fully saturated rings. The number of nitrogens with one attached hydrogen (secondary N) is 1. The van der Waals surface area contributed by atoms with E-state index in [-0.39, 0.29) is 6.03 Å². The molecule has 1 heterocycles. The lowest BCUT2D eigenvalue weighted by Crippen LogP contribution is -2.50. The van der Waals surface area contributed by atoms with Crippen LogP contribution in [-0.4, -0.2) is 51.3 Å². The minimum absolute atomic E-state index is 0.0563. The van der Waals surface area contributed by atoms with Gasteiger partial charge in [0.25, 0.3) is 0 Å². The van der Waals surface area contributed by atoms with Gasteiger partial charge in [-0.2, -0.15) is 0 Å². The number of amides is 2. The van der Waals surface area contributed by atoms with Crippen LogP contribution >= 0.6 is 0 Å². The Kier molecular flexibility index (Phi) is 5.74. The second-order valence-corrected chi connectivity index (χ2v) is 6.76. The zero-order chi connectivity index (χ0) is 19.4. The Morgan fingerprint density at radius 3 is 2.33 bits per heavy atom. The van der Waals surface area contributed by atoms with Crippen molar-refractivity contribution in [3.8, 4) is 11.5 Å². The van der Waals surface area contributed by atoms with Crippen molar-refractivity contribution in [3.05, 3.63) is 47.5 Å². The first-order valence-corrected chi connectivity index (χ1v) is 9.12. The molecule has 2 amide bonds.